The smallest absolute Gasteiger partial charge is 0.270 e. The van der Waals surface area contributed by atoms with Crippen LogP contribution in [0.5, 0.6) is 23.0 Å². The zero-order chi connectivity index (χ0) is 19.6. The van der Waals surface area contributed by atoms with E-state index in [4.69, 9.17) is 32.3 Å². The number of carbonyl (C=O) groups is 1. The van der Waals surface area contributed by atoms with E-state index in [1.165, 1.54) is 24.3 Å². The largest absolute Gasteiger partial charge is 0.508 e. The second-order valence-corrected chi connectivity index (χ2v) is 6.18. The van der Waals surface area contributed by atoms with Crippen LogP contribution in [0.15, 0.2) is 40.9 Å². The minimum Gasteiger partial charge on any atom is -0.508 e. The van der Waals surface area contributed by atoms with E-state index in [0.29, 0.717) is 34.2 Å². The summed E-state index contributed by atoms with van der Waals surface area (Å²) in [4.78, 5) is 11.1. The first kappa shape index (κ1) is 18.4. The third kappa shape index (κ3) is 4.24. The van der Waals surface area contributed by atoms with Crippen molar-refractivity contribution in [2.24, 2.45) is 5.73 Å². The van der Waals surface area contributed by atoms with E-state index in [0.717, 1.165) is 0 Å². The van der Waals surface area contributed by atoms with Crippen LogP contribution < -0.4 is 16.2 Å². The van der Waals surface area contributed by atoms with Crippen molar-refractivity contribution >= 4 is 23.2 Å². The van der Waals surface area contributed by atoms with E-state index >= 15 is 0 Å². The van der Waals surface area contributed by atoms with Crippen molar-refractivity contribution in [2.75, 3.05) is 5.73 Å². The molecule has 140 valence electrons. The van der Waals surface area contributed by atoms with Crippen LogP contribution in [-0.2, 0) is 12.8 Å². The van der Waals surface area contributed by atoms with Gasteiger partial charge in [-0.3, -0.25) is 4.79 Å². The first-order valence-corrected chi connectivity index (χ1v) is 8.24. The number of halogens is 1. The monoisotopic (exact) mass is 389 g/mol. The number of benzene rings is 2. The van der Waals surface area contributed by atoms with Crippen LogP contribution in [-0.4, -0.2) is 21.3 Å². The molecule has 0 saturated carbocycles. The average molecular weight is 390 g/mol. The van der Waals surface area contributed by atoms with Crippen LogP contribution in [0.25, 0.3) is 0 Å². The maximum Gasteiger partial charge on any atom is 0.270 e. The number of primary amides is 1. The molecule has 0 aliphatic heterocycles. The fourth-order valence-corrected chi connectivity index (χ4v) is 2.62. The predicted molar refractivity (Wildman–Crippen MR) is 98.1 cm³/mol. The van der Waals surface area contributed by atoms with Gasteiger partial charge in [0.15, 0.2) is 5.69 Å². The molecule has 0 atom stereocenters. The highest BCUT2D eigenvalue weighted by Gasteiger charge is 2.16. The number of nitrogen functional groups attached to an aromatic ring is 1. The Morgan fingerprint density at radius 2 is 1.96 bits per heavy atom. The molecule has 0 radical (unpaired) electrons. The molecule has 8 nitrogen and oxygen atoms in total. The summed E-state index contributed by atoms with van der Waals surface area (Å²) in [6, 6.07) is 8.72. The van der Waals surface area contributed by atoms with Crippen LogP contribution in [0.1, 0.15) is 21.8 Å². The summed E-state index contributed by atoms with van der Waals surface area (Å²) in [6.45, 7) is 0. The number of aromatic hydroxyl groups is 2. The topological polar surface area (TPSA) is 145 Å². The Kier molecular flexibility index (Phi) is 5.09. The highest BCUT2D eigenvalue weighted by atomic mass is 35.5. The molecule has 3 rings (SSSR count). The second-order valence-electron chi connectivity index (χ2n) is 5.77. The number of aromatic nitrogens is 1. The van der Waals surface area contributed by atoms with Gasteiger partial charge in [-0.15, -0.1) is 0 Å². The normalized spacial score (nSPS) is 10.7. The van der Waals surface area contributed by atoms with Crippen molar-refractivity contribution in [3.63, 3.8) is 0 Å². The van der Waals surface area contributed by atoms with Gasteiger partial charge in [-0.1, -0.05) is 16.8 Å². The minimum atomic E-state index is -0.693. The fourth-order valence-electron chi connectivity index (χ4n) is 2.45. The molecule has 1 aromatic heterocycles. The lowest BCUT2D eigenvalue weighted by Crippen LogP contribution is -2.10. The van der Waals surface area contributed by atoms with Crippen molar-refractivity contribution in [3.05, 3.63) is 58.4 Å². The van der Waals surface area contributed by atoms with Gasteiger partial charge < -0.3 is 30.9 Å². The summed E-state index contributed by atoms with van der Waals surface area (Å²) in [6.07, 6.45) is 0.606. The van der Waals surface area contributed by atoms with Crippen molar-refractivity contribution in [3.8, 4) is 23.0 Å². The van der Waals surface area contributed by atoms with Gasteiger partial charge in [0.1, 0.15) is 28.8 Å². The molecular weight excluding hydrogens is 374 g/mol. The standard InChI is InChI=1S/C18H16ClN3O5/c19-13-7-10(2-4-14(13)20)26-17-6-9(23)5-16(24)12(17)3-1-11-8-15(18(21)25)22-27-11/h2,4-8,23-24H,1,3,20H2,(H2,21,25). The number of carbonyl (C=O) groups excluding carboxylic acids is 1. The number of hydrogen-bond donors (Lipinski definition) is 4. The molecule has 3 aromatic rings. The van der Waals surface area contributed by atoms with Gasteiger partial charge >= 0.3 is 0 Å². The maximum absolute atomic E-state index is 11.1. The predicted octanol–water partition coefficient (Wildman–Crippen LogP) is 3.00. The third-order valence-corrected chi connectivity index (χ3v) is 4.13. The quantitative estimate of drug-likeness (QED) is 0.474. The van der Waals surface area contributed by atoms with Gasteiger partial charge in [-0.25, -0.2) is 0 Å². The van der Waals surface area contributed by atoms with Crippen LogP contribution in [0, 0.1) is 0 Å². The molecule has 0 saturated heterocycles. The highest BCUT2D eigenvalue weighted by molar-refractivity contribution is 6.33. The summed E-state index contributed by atoms with van der Waals surface area (Å²) >= 11 is 5.99. The summed E-state index contributed by atoms with van der Waals surface area (Å²) < 4.78 is 10.8. The Balaban J connectivity index is 1.85. The Morgan fingerprint density at radius 3 is 2.63 bits per heavy atom. The second kappa shape index (κ2) is 7.46. The number of phenolic OH excluding ortho intramolecular Hbond substituents is 2. The van der Waals surface area contributed by atoms with Gasteiger partial charge in [0.2, 0.25) is 0 Å². The lowest BCUT2D eigenvalue weighted by molar-refractivity contribution is 0.0991. The number of nitrogens with two attached hydrogens (primary N) is 2. The molecule has 0 aliphatic carbocycles. The van der Waals surface area contributed by atoms with Gasteiger partial charge in [0, 0.05) is 36.2 Å². The molecule has 1 amide bonds. The molecule has 0 aliphatic rings. The molecule has 0 spiro atoms. The Bertz CT molecular complexity index is 1000. The summed E-state index contributed by atoms with van der Waals surface area (Å²) in [5.41, 5.74) is 11.7. The van der Waals surface area contributed by atoms with Crippen LogP contribution in [0.4, 0.5) is 5.69 Å². The molecule has 0 fully saturated rings. The first-order chi connectivity index (χ1) is 12.8. The van der Waals surface area contributed by atoms with E-state index in [1.54, 1.807) is 12.1 Å². The fraction of sp³-hybridized carbons (Fsp3) is 0.111. The minimum absolute atomic E-state index is 0.0212. The molecule has 6 N–H and O–H groups in total. The number of aryl methyl sites for hydroxylation is 1. The molecule has 2 aromatic carbocycles. The molecule has 27 heavy (non-hydrogen) atoms. The number of nitrogens with zero attached hydrogens (tertiary/aromatic N) is 1. The van der Waals surface area contributed by atoms with Crippen LogP contribution in [0.2, 0.25) is 5.02 Å². The van der Waals surface area contributed by atoms with Crippen molar-refractivity contribution in [1.82, 2.24) is 5.16 Å². The molecule has 0 bridgehead atoms. The van der Waals surface area contributed by atoms with Crippen LogP contribution >= 0.6 is 11.6 Å². The lowest BCUT2D eigenvalue weighted by atomic mass is 10.1. The van der Waals surface area contributed by atoms with Crippen LogP contribution in [0.3, 0.4) is 0 Å². The lowest BCUT2D eigenvalue weighted by Gasteiger charge is -2.13. The summed E-state index contributed by atoms with van der Waals surface area (Å²) in [7, 11) is 0. The summed E-state index contributed by atoms with van der Waals surface area (Å²) in [5.74, 6) is 0.0308. The molecule has 0 unspecified atom stereocenters. The van der Waals surface area contributed by atoms with Gasteiger partial charge in [-0.2, -0.15) is 0 Å². The Hall–Kier alpha value is -3.39. The van der Waals surface area contributed by atoms with Crippen molar-refractivity contribution in [1.29, 1.82) is 0 Å². The number of amides is 1. The zero-order valence-corrected chi connectivity index (χ0v) is 14.7. The number of rotatable bonds is 6. The van der Waals surface area contributed by atoms with Gasteiger partial charge in [0.05, 0.1) is 10.7 Å². The number of anilines is 1. The number of phenols is 2. The Labute approximate surface area is 158 Å². The van der Waals surface area contributed by atoms with E-state index in [2.05, 4.69) is 5.16 Å². The third-order valence-electron chi connectivity index (χ3n) is 3.80. The van der Waals surface area contributed by atoms with Gasteiger partial charge in [0.25, 0.3) is 5.91 Å². The van der Waals surface area contributed by atoms with E-state index in [-0.39, 0.29) is 29.4 Å². The molecule has 9 heteroatoms. The Morgan fingerprint density at radius 1 is 1.19 bits per heavy atom. The number of ether oxygens (including phenoxy) is 1. The van der Waals surface area contributed by atoms with Gasteiger partial charge in [-0.05, 0) is 18.6 Å². The van der Waals surface area contributed by atoms with E-state index in [9.17, 15) is 15.0 Å². The van der Waals surface area contributed by atoms with Crippen molar-refractivity contribution in [2.45, 2.75) is 12.8 Å². The first-order valence-electron chi connectivity index (χ1n) is 7.86. The molecule has 1 heterocycles. The maximum atomic E-state index is 11.1. The average Bonchev–Trinajstić information content (AvgIpc) is 3.06. The SMILES string of the molecule is NC(=O)c1cc(CCc2c(O)cc(O)cc2Oc2ccc(N)c(Cl)c2)on1. The summed E-state index contributed by atoms with van der Waals surface area (Å²) in [5, 5.41) is 23.9. The zero-order valence-electron chi connectivity index (χ0n) is 14.0. The van der Waals surface area contributed by atoms with E-state index in [1.807, 2.05) is 0 Å². The number of hydrogen-bond acceptors (Lipinski definition) is 7. The van der Waals surface area contributed by atoms with Crippen molar-refractivity contribution < 1.29 is 24.3 Å². The highest BCUT2D eigenvalue weighted by Crippen LogP contribution is 2.37. The molecular formula is C18H16ClN3O5. The van der Waals surface area contributed by atoms with E-state index < -0.39 is 5.91 Å².